The van der Waals surface area contributed by atoms with E-state index in [4.69, 9.17) is 0 Å². The van der Waals surface area contributed by atoms with E-state index in [1.165, 1.54) is 0 Å². The van der Waals surface area contributed by atoms with Crippen LogP contribution in [0.25, 0.3) is 0 Å². The number of carbonyl (C=O) groups excluding carboxylic acids is 1. The van der Waals surface area contributed by atoms with E-state index in [1.54, 1.807) is 0 Å². The highest BCUT2D eigenvalue weighted by Crippen LogP contribution is 2.31. The first-order valence-corrected chi connectivity index (χ1v) is 5.30. The first kappa shape index (κ1) is 9.00. The van der Waals surface area contributed by atoms with E-state index in [0.717, 1.165) is 38.9 Å². The van der Waals surface area contributed by atoms with Gasteiger partial charge in [-0.2, -0.15) is 0 Å². The molecule has 2 aliphatic rings. The van der Waals surface area contributed by atoms with Crippen molar-refractivity contribution >= 4 is 5.91 Å². The quantitative estimate of drug-likeness (QED) is 0.644. The molecule has 0 bridgehead atoms. The molecule has 1 aliphatic heterocycles. The largest absolute Gasteiger partial charge is 0.338 e. The van der Waals surface area contributed by atoms with Crippen LogP contribution >= 0.6 is 0 Å². The molecule has 1 amide bonds. The second-order valence-corrected chi connectivity index (χ2v) is 4.21. The van der Waals surface area contributed by atoms with Crippen LogP contribution in [0.2, 0.25) is 0 Å². The van der Waals surface area contributed by atoms with Crippen LogP contribution in [0.15, 0.2) is 0 Å². The predicted molar refractivity (Wildman–Crippen MR) is 51.4 cm³/mol. The molecule has 1 atom stereocenters. The second-order valence-electron chi connectivity index (χ2n) is 4.21. The number of nitrogens with one attached hydrogen (secondary N) is 1. The Morgan fingerprint density at radius 3 is 2.92 bits per heavy atom. The van der Waals surface area contributed by atoms with Gasteiger partial charge in [0.2, 0.25) is 5.91 Å². The fourth-order valence-corrected chi connectivity index (χ4v) is 1.91. The van der Waals surface area contributed by atoms with Gasteiger partial charge in [-0.1, -0.05) is 0 Å². The van der Waals surface area contributed by atoms with E-state index >= 15 is 0 Å². The van der Waals surface area contributed by atoms with Crippen molar-refractivity contribution in [3.8, 4) is 0 Å². The smallest absolute Gasteiger partial charge is 0.225 e. The molecular weight excluding hydrogens is 164 g/mol. The van der Waals surface area contributed by atoms with Gasteiger partial charge in [0.1, 0.15) is 0 Å². The van der Waals surface area contributed by atoms with E-state index in [9.17, 15) is 4.79 Å². The third kappa shape index (κ3) is 2.02. The first-order chi connectivity index (χ1) is 6.29. The highest BCUT2D eigenvalue weighted by molar-refractivity contribution is 5.81. The minimum Gasteiger partial charge on any atom is -0.338 e. The minimum atomic E-state index is 0.376. The summed E-state index contributed by atoms with van der Waals surface area (Å²) in [4.78, 5) is 13.9. The zero-order valence-corrected chi connectivity index (χ0v) is 8.25. The first-order valence-electron chi connectivity index (χ1n) is 5.30. The molecule has 3 nitrogen and oxygen atoms in total. The summed E-state index contributed by atoms with van der Waals surface area (Å²) in [7, 11) is 0. The Morgan fingerprint density at radius 2 is 2.23 bits per heavy atom. The van der Waals surface area contributed by atoms with Crippen molar-refractivity contribution in [2.45, 2.75) is 32.2 Å². The van der Waals surface area contributed by atoms with Gasteiger partial charge in [-0.25, -0.2) is 0 Å². The van der Waals surface area contributed by atoms with Crippen LogP contribution in [-0.2, 0) is 4.79 Å². The molecule has 13 heavy (non-hydrogen) atoms. The van der Waals surface area contributed by atoms with Gasteiger partial charge >= 0.3 is 0 Å². The fourth-order valence-electron chi connectivity index (χ4n) is 1.91. The van der Waals surface area contributed by atoms with Crippen molar-refractivity contribution in [2.24, 2.45) is 5.92 Å². The van der Waals surface area contributed by atoms with Crippen molar-refractivity contribution < 1.29 is 4.79 Å². The number of hydrogen-bond donors (Lipinski definition) is 1. The summed E-state index contributed by atoms with van der Waals surface area (Å²) in [6.07, 6.45) is 3.34. The van der Waals surface area contributed by atoms with Gasteiger partial charge in [0.05, 0.1) is 0 Å². The van der Waals surface area contributed by atoms with Crippen molar-refractivity contribution in [2.75, 3.05) is 19.6 Å². The van der Waals surface area contributed by atoms with Crippen molar-refractivity contribution in [3.05, 3.63) is 0 Å². The number of amides is 1. The molecule has 2 fully saturated rings. The van der Waals surface area contributed by atoms with Crippen LogP contribution in [0.1, 0.15) is 26.2 Å². The lowest BCUT2D eigenvalue weighted by molar-refractivity contribution is -0.134. The van der Waals surface area contributed by atoms with E-state index in [0.29, 0.717) is 17.9 Å². The highest BCUT2D eigenvalue weighted by atomic mass is 16.2. The van der Waals surface area contributed by atoms with Gasteiger partial charge in [-0.05, 0) is 32.7 Å². The van der Waals surface area contributed by atoms with Gasteiger partial charge in [0.25, 0.3) is 0 Å². The second kappa shape index (κ2) is 3.66. The van der Waals surface area contributed by atoms with Crippen LogP contribution in [0.4, 0.5) is 0 Å². The average molecular weight is 182 g/mol. The van der Waals surface area contributed by atoms with Gasteiger partial charge < -0.3 is 10.2 Å². The zero-order valence-electron chi connectivity index (χ0n) is 8.25. The molecule has 1 unspecified atom stereocenters. The molecule has 1 saturated heterocycles. The Kier molecular flexibility index (Phi) is 2.54. The molecule has 0 aromatic carbocycles. The summed E-state index contributed by atoms with van der Waals surface area (Å²) in [6, 6.07) is 0.385. The minimum absolute atomic E-state index is 0.376. The number of carbonyl (C=O) groups is 1. The van der Waals surface area contributed by atoms with Crippen LogP contribution in [0.3, 0.4) is 0 Å². The van der Waals surface area contributed by atoms with Crippen molar-refractivity contribution in [3.63, 3.8) is 0 Å². The van der Waals surface area contributed by atoms with Crippen LogP contribution < -0.4 is 5.32 Å². The molecule has 1 aliphatic carbocycles. The van der Waals surface area contributed by atoms with E-state index in [-0.39, 0.29) is 0 Å². The molecule has 0 radical (unpaired) electrons. The highest BCUT2D eigenvalue weighted by Gasteiger charge is 2.35. The van der Waals surface area contributed by atoms with E-state index in [2.05, 4.69) is 17.1 Å². The average Bonchev–Trinajstić information content (AvgIpc) is 2.89. The molecule has 1 heterocycles. The number of hydrogen-bond acceptors (Lipinski definition) is 2. The van der Waals surface area contributed by atoms with Crippen LogP contribution in [0, 0.1) is 5.92 Å². The molecule has 0 spiro atoms. The zero-order chi connectivity index (χ0) is 9.26. The Hall–Kier alpha value is -0.570. The van der Waals surface area contributed by atoms with Gasteiger partial charge in [-0.15, -0.1) is 0 Å². The maximum atomic E-state index is 11.8. The lowest BCUT2D eigenvalue weighted by Gasteiger charge is -2.26. The summed E-state index contributed by atoms with van der Waals surface area (Å²) in [5, 5.41) is 3.35. The van der Waals surface area contributed by atoms with Gasteiger partial charge in [0.15, 0.2) is 0 Å². The summed E-state index contributed by atoms with van der Waals surface area (Å²) in [6.45, 7) is 5.10. The van der Waals surface area contributed by atoms with Gasteiger partial charge in [-0.3, -0.25) is 4.79 Å². The standard InChI is InChI=1S/C10H18N2O/c1-8-7-11-5-2-6-12(8)10(13)9-3-4-9/h8-9,11H,2-7H2,1H3. The predicted octanol–water partition coefficient (Wildman–Crippen LogP) is 0.607. The fraction of sp³-hybridized carbons (Fsp3) is 0.900. The Bertz CT molecular complexity index is 201. The van der Waals surface area contributed by atoms with Gasteiger partial charge in [0, 0.05) is 25.0 Å². The SMILES string of the molecule is CC1CNCCCN1C(=O)C1CC1. The Morgan fingerprint density at radius 1 is 1.46 bits per heavy atom. The summed E-state index contributed by atoms with van der Waals surface area (Å²) in [5.41, 5.74) is 0. The number of rotatable bonds is 1. The van der Waals surface area contributed by atoms with Crippen LogP contribution in [0.5, 0.6) is 0 Å². The topological polar surface area (TPSA) is 32.3 Å². The molecule has 74 valence electrons. The lowest BCUT2D eigenvalue weighted by Crippen LogP contribution is -2.42. The normalized spacial score (nSPS) is 29.9. The lowest BCUT2D eigenvalue weighted by atomic mass is 10.2. The molecule has 0 aromatic rings. The molecule has 2 rings (SSSR count). The molecule has 3 heteroatoms. The molecular formula is C10H18N2O. The number of nitrogens with zero attached hydrogens (tertiary/aromatic N) is 1. The summed E-state index contributed by atoms with van der Waals surface area (Å²) < 4.78 is 0. The molecule has 1 N–H and O–H groups in total. The van der Waals surface area contributed by atoms with Crippen LogP contribution in [-0.4, -0.2) is 36.5 Å². The summed E-state index contributed by atoms with van der Waals surface area (Å²) >= 11 is 0. The summed E-state index contributed by atoms with van der Waals surface area (Å²) in [5.74, 6) is 0.775. The monoisotopic (exact) mass is 182 g/mol. The Labute approximate surface area is 79.5 Å². The van der Waals surface area contributed by atoms with Crippen molar-refractivity contribution in [1.82, 2.24) is 10.2 Å². The maximum Gasteiger partial charge on any atom is 0.225 e. The van der Waals surface area contributed by atoms with E-state index < -0.39 is 0 Å². The third-order valence-electron chi connectivity index (χ3n) is 2.93. The third-order valence-corrected chi connectivity index (χ3v) is 2.93. The Balaban J connectivity index is 1.96. The molecule has 0 aromatic heterocycles. The molecule has 1 saturated carbocycles. The van der Waals surface area contributed by atoms with Crippen molar-refractivity contribution in [1.29, 1.82) is 0 Å². The van der Waals surface area contributed by atoms with E-state index in [1.807, 2.05) is 0 Å². The maximum absolute atomic E-state index is 11.8.